The van der Waals surface area contributed by atoms with Crippen molar-refractivity contribution in [1.29, 1.82) is 0 Å². The maximum atomic E-state index is 5.53. The van der Waals surface area contributed by atoms with Gasteiger partial charge in [0.1, 0.15) is 0 Å². The molecule has 0 radical (unpaired) electrons. The third kappa shape index (κ3) is 0.255. The lowest BCUT2D eigenvalue weighted by molar-refractivity contribution is 0.260. The summed E-state index contributed by atoms with van der Waals surface area (Å²) in [5, 5.41) is 0. The minimum Gasteiger partial charge on any atom is -0.366 e. The van der Waals surface area contributed by atoms with E-state index in [1.165, 1.54) is 25.7 Å². The van der Waals surface area contributed by atoms with Gasteiger partial charge in [-0.15, -0.1) is 0 Å². The first-order valence-corrected chi connectivity index (χ1v) is 3.57. The molecule has 3 aliphatic rings. The van der Waals surface area contributed by atoms with Gasteiger partial charge in [0.2, 0.25) is 0 Å². The van der Waals surface area contributed by atoms with Gasteiger partial charge in [-0.25, -0.2) is 0 Å². The third-order valence-electron chi connectivity index (χ3n) is 3.06. The number of ether oxygens (including phenoxy) is 1. The molecular formula is C7H10O. The summed E-state index contributed by atoms with van der Waals surface area (Å²) in [6, 6.07) is 0. The number of hydrogen-bond acceptors (Lipinski definition) is 1. The predicted octanol–water partition coefficient (Wildman–Crippen LogP) is 1.33. The molecule has 8 heavy (non-hydrogen) atoms. The molecule has 44 valence electrons. The van der Waals surface area contributed by atoms with Crippen LogP contribution in [0.2, 0.25) is 0 Å². The molecule has 1 nitrogen and oxygen atoms in total. The highest BCUT2D eigenvalue weighted by Gasteiger charge is 2.65. The van der Waals surface area contributed by atoms with E-state index < -0.39 is 0 Å². The fourth-order valence-corrected chi connectivity index (χ4v) is 2.56. The van der Waals surface area contributed by atoms with Crippen LogP contribution in [-0.2, 0) is 4.74 Å². The Bertz CT molecular complexity index is 141. The topological polar surface area (TPSA) is 12.5 Å². The average Bonchev–Trinajstić information content (AvgIpc) is 2.13. The lowest BCUT2D eigenvalue weighted by Crippen LogP contribution is -2.04. The summed E-state index contributed by atoms with van der Waals surface area (Å²) in [5.74, 6) is 1.06. The molecule has 0 amide bonds. The fraction of sp³-hybridized carbons (Fsp3) is 1.00. The van der Waals surface area contributed by atoms with Crippen LogP contribution in [0.5, 0.6) is 0 Å². The largest absolute Gasteiger partial charge is 0.366 e. The molecule has 2 bridgehead atoms. The molecule has 1 saturated heterocycles. The first-order valence-electron chi connectivity index (χ1n) is 3.57. The molecule has 0 N–H and O–H groups in total. The van der Waals surface area contributed by atoms with E-state index in [-0.39, 0.29) is 0 Å². The Labute approximate surface area is 49.0 Å². The molecule has 1 heteroatoms. The molecule has 3 unspecified atom stereocenters. The van der Waals surface area contributed by atoms with Gasteiger partial charge in [0.05, 0.1) is 11.7 Å². The Morgan fingerprint density at radius 2 is 2.50 bits per heavy atom. The Balaban J connectivity index is 2.07. The van der Waals surface area contributed by atoms with Crippen LogP contribution in [0.1, 0.15) is 25.7 Å². The molecule has 1 heterocycles. The first-order chi connectivity index (χ1) is 3.89. The van der Waals surface area contributed by atoms with E-state index in [9.17, 15) is 0 Å². The number of fused-ring (bicyclic) bond motifs is 1. The van der Waals surface area contributed by atoms with Crippen LogP contribution in [0.4, 0.5) is 0 Å². The second-order valence-electron chi connectivity index (χ2n) is 3.52. The van der Waals surface area contributed by atoms with Crippen molar-refractivity contribution in [2.75, 3.05) is 0 Å². The van der Waals surface area contributed by atoms with E-state index in [2.05, 4.69) is 0 Å². The summed E-state index contributed by atoms with van der Waals surface area (Å²) in [4.78, 5) is 0. The van der Waals surface area contributed by atoms with E-state index in [1.54, 1.807) is 0 Å². The highest BCUT2D eigenvalue weighted by molar-refractivity contribution is 5.14. The van der Waals surface area contributed by atoms with Crippen LogP contribution in [0, 0.1) is 5.92 Å². The molecule has 1 spiro atoms. The van der Waals surface area contributed by atoms with Crippen LogP contribution >= 0.6 is 0 Å². The van der Waals surface area contributed by atoms with Crippen molar-refractivity contribution in [3.63, 3.8) is 0 Å². The van der Waals surface area contributed by atoms with Crippen molar-refractivity contribution in [3.05, 3.63) is 0 Å². The van der Waals surface area contributed by atoms with Crippen molar-refractivity contribution in [2.24, 2.45) is 5.92 Å². The van der Waals surface area contributed by atoms with Crippen molar-refractivity contribution in [2.45, 2.75) is 37.4 Å². The predicted molar refractivity (Wildman–Crippen MR) is 29.6 cm³/mol. The zero-order chi connectivity index (χ0) is 5.19. The Morgan fingerprint density at radius 3 is 2.88 bits per heavy atom. The van der Waals surface area contributed by atoms with Gasteiger partial charge >= 0.3 is 0 Å². The highest BCUT2D eigenvalue weighted by atomic mass is 16.6. The van der Waals surface area contributed by atoms with E-state index in [4.69, 9.17) is 4.74 Å². The van der Waals surface area contributed by atoms with Crippen molar-refractivity contribution >= 4 is 0 Å². The van der Waals surface area contributed by atoms with Crippen molar-refractivity contribution < 1.29 is 4.74 Å². The lowest BCUT2D eigenvalue weighted by Gasteiger charge is -2.00. The number of rotatable bonds is 0. The normalized spacial score (nSPS) is 66.0. The minimum absolute atomic E-state index is 0.477. The minimum atomic E-state index is 0.477. The molecule has 2 aliphatic carbocycles. The van der Waals surface area contributed by atoms with Crippen LogP contribution in [0.15, 0.2) is 0 Å². The monoisotopic (exact) mass is 110 g/mol. The second kappa shape index (κ2) is 0.860. The van der Waals surface area contributed by atoms with Gasteiger partial charge in [0.15, 0.2) is 0 Å². The zero-order valence-corrected chi connectivity index (χ0v) is 4.89. The Kier molecular flexibility index (Phi) is 0.418. The third-order valence-corrected chi connectivity index (χ3v) is 3.06. The highest BCUT2D eigenvalue weighted by Crippen LogP contribution is 2.61. The summed E-state index contributed by atoms with van der Waals surface area (Å²) >= 11 is 0. The standard InChI is InChI=1S/C7H10O/c1-2-7-4-5(1)3-6(7)8-7/h5-6H,1-4H2. The van der Waals surface area contributed by atoms with Crippen LogP contribution in [-0.4, -0.2) is 11.7 Å². The first kappa shape index (κ1) is 3.89. The van der Waals surface area contributed by atoms with Gasteiger partial charge in [-0.1, -0.05) is 0 Å². The van der Waals surface area contributed by atoms with Gasteiger partial charge in [-0.2, -0.15) is 0 Å². The molecule has 3 atom stereocenters. The lowest BCUT2D eigenvalue weighted by atomic mass is 10.0. The van der Waals surface area contributed by atoms with E-state index in [1.807, 2.05) is 0 Å². The summed E-state index contributed by atoms with van der Waals surface area (Å²) < 4.78 is 5.53. The van der Waals surface area contributed by atoms with E-state index in [0.717, 1.165) is 12.0 Å². The van der Waals surface area contributed by atoms with Gasteiger partial charge in [0.25, 0.3) is 0 Å². The molecule has 3 rings (SSSR count). The van der Waals surface area contributed by atoms with Gasteiger partial charge in [-0.05, 0) is 31.6 Å². The smallest absolute Gasteiger partial charge is 0.0951 e. The van der Waals surface area contributed by atoms with Crippen molar-refractivity contribution in [3.8, 4) is 0 Å². The second-order valence-corrected chi connectivity index (χ2v) is 3.52. The quantitative estimate of drug-likeness (QED) is 0.428. The maximum absolute atomic E-state index is 5.53. The molecule has 0 aromatic carbocycles. The molecule has 0 aromatic heterocycles. The zero-order valence-electron chi connectivity index (χ0n) is 4.89. The van der Waals surface area contributed by atoms with Gasteiger partial charge in [-0.3, -0.25) is 0 Å². The SMILES string of the molecule is C1CC23CC1CC2O3. The van der Waals surface area contributed by atoms with Crippen LogP contribution in [0.25, 0.3) is 0 Å². The number of hydrogen-bond donors (Lipinski definition) is 0. The molecule has 3 fully saturated rings. The molecule has 2 saturated carbocycles. The summed E-state index contributed by atoms with van der Waals surface area (Å²) in [6.45, 7) is 0. The van der Waals surface area contributed by atoms with Gasteiger partial charge < -0.3 is 4.74 Å². The summed E-state index contributed by atoms with van der Waals surface area (Å²) in [7, 11) is 0. The van der Waals surface area contributed by atoms with E-state index >= 15 is 0 Å². The van der Waals surface area contributed by atoms with E-state index in [0.29, 0.717) is 5.60 Å². The number of epoxide rings is 1. The molecule has 1 aliphatic heterocycles. The molecular weight excluding hydrogens is 100 g/mol. The average molecular weight is 110 g/mol. The maximum Gasteiger partial charge on any atom is 0.0951 e. The fourth-order valence-electron chi connectivity index (χ4n) is 2.56. The molecule has 0 aromatic rings. The van der Waals surface area contributed by atoms with Crippen LogP contribution < -0.4 is 0 Å². The van der Waals surface area contributed by atoms with Gasteiger partial charge in [0, 0.05) is 0 Å². The summed E-state index contributed by atoms with van der Waals surface area (Å²) in [5.41, 5.74) is 0.477. The summed E-state index contributed by atoms with van der Waals surface area (Å²) in [6.07, 6.45) is 6.34. The Morgan fingerprint density at radius 1 is 1.50 bits per heavy atom. The van der Waals surface area contributed by atoms with Crippen LogP contribution in [0.3, 0.4) is 0 Å². The Hall–Kier alpha value is -0.0400. The van der Waals surface area contributed by atoms with Crippen molar-refractivity contribution in [1.82, 2.24) is 0 Å².